The molecule has 0 amide bonds. The topological polar surface area (TPSA) is 78.8 Å². The summed E-state index contributed by atoms with van der Waals surface area (Å²) in [6.07, 6.45) is 1.13. The Kier molecular flexibility index (Phi) is 2.95. The molecule has 1 fully saturated rings. The van der Waals surface area contributed by atoms with Crippen molar-refractivity contribution in [3.8, 4) is 17.3 Å². The monoisotopic (exact) mass is 269 g/mol. The fraction of sp³-hybridized carbons (Fsp3) is 0.214. The van der Waals surface area contributed by atoms with E-state index < -0.39 is 5.82 Å². The van der Waals surface area contributed by atoms with Crippen LogP contribution < -0.4 is 10.6 Å². The molecule has 1 aliphatic rings. The highest BCUT2D eigenvalue weighted by Gasteiger charge is 2.18. The Hall–Kier alpha value is -2.68. The molecule has 3 rings (SSSR count). The van der Waals surface area contributed by atoms with E-state index in [1.54, 1.807) is 18.2 Å². The van der Waals surface area contributed by atoms with E-state index in [-0.39, 0.29) is 11.5 Å². The van der Waals surface area contributed by atoms with Crippen LogP contribution in [0.1, 0.15) is 12.0 Å². The van der Waals surface area contributed by atoms with Gasteiger partial charge in [0.05, 0.1) is 11.3 Å². The second kappa shape index (κ2) is 4.78. The minimum atomic E-state index is -0.562. The number of aromatic nitrogens is 2. The van der Waals surface area contributed by atoms with Crippen molar-refractivity contribution in [1.82, 2.24) is 9.97 Å². The molecule has 6 heteroatoms. The summed E-state index contributed by atoms with van der Waals surface area (Å²) in [6, 6.07) is 7.97. The number of benzene rings is 1. The van der Waals surface area contributed by atoms with Crippen LogP contribution in [0.25, 0.3) is 11.3 Å². The van der Waals surface area contributed by atoms with Gasteiger partial charge in [0.1, 0.15) is 17.7 Å². The van der Waals surface area contributed by atoms with E-state index >= 15 is 0 Å². The third kappa shape index (κ3) is 2.14. The van der Waals surface area contributed by atoms with Crippen LogP contribution in [-0.4, -0.2) is 23.1 Å². The van der Waals surface area contributed by atoms with Crippen molar-refractivity contribution < 1.29 is 4.39 Å². The second-order valence-electron chi connectivity index (χ2n) is 4.62. The number of nitrogens with two attached hydrogens (primary N) is 1. The molecule has 0 atom stereocenters. The molecule has 1 saturated heterocycles. The second-order valence-corrected chi connectivity index (χ2v) is 4.62. The summed E-state index contributed by atoms with van der Waals surface area (Å²) < 4.78 is 13.7. The Labute approximate surface area is 115 Å². The van der Waals surface area contributed by atoms with Crippen LogP contribution in [0.5, 0.6) is 0 Å². The van der Waals surface area contributed by atoms with E-state index in [9.17, 15) is 4.39 Å². The number of anilines is 2. The molecule has 1 aromatic carbocycles. The molecule has 0 saturated carbocycles. The van der Waals surface area contributed by atoms with Crippen molar-refractivity contribution >= 4 is 11.8 Å². The SMILES string of the molecule is N#Cc1ccc(-c2cc(N3CCC3)nc(N)n2)cc1F. The molecule has 0 unspecified atom stereocenters. The third-order valence-electron chi connectivity index (χ3n) is 3.30. The van der Waals surface area contributed by atoms with Crippen molar-refractivity contribution in [2.24, 2.45) is 0 Å². The molecule has 20 heavy (non-hydrogen) atoms. The van der Waals surface area contributed by atoms with Gasteiger partial charge in [0.15, 0.2) is 0 Å². The van der Waals surface area contributed by atoms with Crippen LogP contribution in [0.2, 0.25) is 0 Å². The fourth-order valence-corrected chi connectivity index (χ4v) is 2.07. The lowest BCUT2D eigenvalue weighted by Gasteiger charge is -2.32. The Morgan fingerprint density at radius 2 is 2.05 bits per heavy atom. The normalized spacial score (nSPS) is 13.7. The molecule has 2 aromatic rings. The van der Waals surface area contributed by atoms with Crippen molar-refractivity contribution in [3.63, 3.8) is 0 Å². The number of nitriles is 1. The molecule has 5 nitrogen and oxygen atoms in total. The predicted octanol–water partition coefficient (Wildman–Crippen LogP) is 1.95. The first-order chi connectivity index (χ1) is 9.67. The quantitative estimate of drug-likeness (QED) is 0.901. The average Bonchev–Trinajstić information content (AvgIpc) is 2.36. The molecule has 1 aromatic heterocycles. The lowest BCUT2D eigenvalue weighted by Crippen LogP contribution is -2.37. The molecule has 0 radical (unpaired) electrons. The number of nitrogens with zero attached hydrogens (tertiary/aromatic N) is 4. The highest BCUT2D eigenvalue weighted by molar-refractivity contribution is 5.65. The summed E-state index contributed by atoms with van der Waals surface area (Å²) in [7, 11) is 0. The zero-order valence-electron chi connectivity index (χ0n) is 10.7. The predicted molar refractivity (Wildman–Crippen MR) is 73.4 cm³/mol. The highest BCUT2D eigenvalue weighted by Crippen LogP contribution is 2.26. The van der Waals surface area contributed by atoms with Crippen molar-refractivity contribution in [3.05, 3.63) is 35.6 Å². The molecule has 2 heterocycles. The first kappa shape index (κ1) is 12.4. The maximum Gasteiger partial charge on any atom is 0.222 e. The lowest BCUT2D eigenvalue weighted by molar-refractivity contribution is 0.609. The Balaban J connectivity index is 2.03. The zero-order valence-corrected chi connectivity index (χ0v) is 10.7. The van der Waals surface area contributed by atoms with Gasteiger partial charge in [-0.3, -0.25) is 0 Å². The van der Waals surface area contributed by atoms with Gasteiger partial charge in [0.2, 0.25) is 5.95 Å². The minimum absolute atomic E-state index is 0.0127. The summed E-state index contributed by atoms with van der Waals surface area (Å²) >= 11 is 0. The fourth-order valence-electron chi connectivity index (χ4n) is 2.07. The van der Waals surface area contributed by atoms with Crippen LogP contribution in [0.15, 0.2) is 24.3 Å². The molecule has 0 spiro atoms. The van der Waals surface area contributed by atoms with Crippen LogP contribution in [0.3, 0.4) is 0 Å². The van der Waals surface area contributed by atoms with Crippen molar-refractivity contribution in [2.45, 2.75) is 6.42 Å². The maximum absolute atomic E-state index is 13.7. The summed E-state index contributed by atoms with van der Waals surface area (Å²) in [5, 5.41) is 8.74. The van der Waals surface area contributed by atoms with Gasteiger partial charge in [0, 0.05) is 24.7 Å². The first-order valence-electron chi connectivity index (χ1n) is 6.27. The van der Waals surface area contributed by atoms with Gasteiger partial charge >= 0.3 is 0 Å². The van der Waals surface area contributed by atoms with Gasteiger partial charge < -0.3 is 10.6 Å². The van der Waals surface area contributed by atoms with Crippen molar-refractivity contribution in [2.75, 3.05) is 23.7 Å². The standard InChI is InChI=1S/C14H12FN5/c15-11-6-9(2-3-10(11)8-16)12-7-13(19-14(17)18-12)20-4-1-5-20/h2-3,6-7H,1,4-5H2,(H2,17,18,19). The smallest absolute Gasteiger partial charge is 0.222 e. The number of hydrogen-bond donors (Lipinski definition) is 1. The zero-order chi connectivity index (χ0) is 14.1. The maximum atomic E-state index is 13.7. The van der Waals surface area contributed by atoms with E-state index in [2.05, 4.69) is 14.9 Å². The summed E-state index contributed by atoms with van der Waals surface area (Å²) in [4.78, 5) is 10.4. The highest BCUT2D eigenvalue weighted by atomic mass is 19.1. The van der Waals surface area contributed by atoms with Crippen LogP contribution in [-0.2, 0) is 0 Å². The van der Waals surface area contributed by atoms with E-state index in [0.29, 0.717) is 11.3 Å². The minimum Gasteiger partial charge on any atom is -0.368 e. The van der Waals surface area contributed by atoms with E-state index in [1.165, 1.54) is 12.1 Å². The van der Waals surface area contributed by atoms with E-state index in [0.717, 1.165) is 25.3 Å². The molecule has 100 valence electrons. The van der Waals surface area contributed by atoms with Crippen LogP contribution in [0.4, 0.5) is 16.2 Å². The molecule has 0 bridgehead atoms. The number of nitrogen functional groups attached to an aromatic ring is 1. The molecule has 1 aliphatic heterocycles. The van der Waals surface area contributed by atoms with Crippen LogP contribution >= 0.6 is 0 Å². The third-order valence-corrected chi connectivity index (χ3v) is 3.30. The molecule has 0 aliphatic carbocycles. The summed E-state index contributed by atoms with van der Waals surface area (Å²) in [5.74, 6) is 0.352. The van der Waals surface area contributed by atoms with E-state index in [4.69, 9.17) is 11.0 Å². The van der Waals surface area contributed by atoms with Crippen molar-refractivity contribution in [1.29, 1.82) is 5.26 Å². The largest absolute Gasteiger partial charge is 0.368 e. The molecular weight excluding hydrogens is 257 g/mol. The number of halogens is 1. The van der Waals surface area contributed by atoms with Gasteiger partial charge in [-0.25, -0.2) is 9.37 Å². The summed E-state index contributed by atoms with van der Waals surface area (Å²) in [6.45, 7) is 1.88. The average molecular weight is 269 g/mol. The molecule has 2 N–H and O–H groups in total. The Bertz CT molecular complexity index is 703. The van der Waals surface area contributed by atoms with Gasteiger partial charge in [-0.15, -0.1) is 0 Å². The first-order valence-corrected chi connectivity index (χ1v) is 6.27. The van der Waals surface area contributed by atoms with Gasteiger partial charge in [0.25, 0.3) is 0 Å². The Morgan fingerprint density at radius 1 is 1.25 bits per heavy atom. The van der Waals surface area contributed by atoms with Gasteiger partial charge in [-0.1, -0.05) is 6.07 Å². The van der Waals surface area contributed by atoms with Crippen LogP contribution in [0, 0.1) is 17.1 Å². The van der Waals surface area contributed by atoms with Gasteiger partial charge in [-0.2, -0.15) is 10.2 Å². The molecular formula is C14H12FN5. The van der Waals surface area contributed by atoms with E-state index in [1.807, 2.05) is 0 Å². The van der Waals surface area contributed by atoms with Gasteiger partial charge in [-0.05, 0) is 18.6 Å². The lowest BCUT2D eigenvalue weighted by atomic mass is 10.1. The summed E-state index contributed by atoms with van der Waals surface area (Å²) in [5.41, 5.74) is 6.86. The Morgan fingerprint density at radius 3 is 2.65 bits per heavy atom. The number of hydrogen-bond acceptors (Lipinski definition) is 5. The number of rotatable bonds is 2.